The number of hydrogen-bond donors (Lipinski definition) is 1. The Balaban J connectivity index is 2.34. The van der Waals surface area contributed by atoms with Crippen molar-refractivity contribution in [2.45, 2.75) is 6.54 Å². The third-order valence-corrected chi connectivity index (χ3v) is 1.36. The first kappa shape index (κ1) is 7.41. The van der Waals surface area contributed by atoms with E-state index in [4.69, 9.17) is 0 Å². The Kier molecular flexibility index (Phi) is 3.09. The summed E-state index contributed by atoms with van der Waals surface area (Å²) in [6.07, 6.45) is 9.58. The summed E-state index contributed by atoms with van der Waals surface area (Å²) in [7, 11) is 0. The van der Waals surface area contributed by atoms with Gasteiger partial charge in [0.05, 0.1) is 6.33 Å². The van der Waals surface area contributed by atoms with Crippen molar-refractivity contribution in [3.8, 4) is 0 Å². The van der Waals surface area contributed by atoms with Crippen molar-refractivity contribution in [3.05, 3.63) is 30.9 Å². The second kappa shape index (κ2) is 4.17. The molecule has 0 radical (unpaired) electrons. The predicted octanol–water partition coefficient (Wildman–Crippen LogP) is 1.37. The fourth-order valence-electron chi connectivity index (χ4n) is 0.666. The molecule has 1 aromatic heterocycles. The second-order valence-corrected chi connectivity index (χ2v) is 2.28. The van der Waals surface area contributed by atoms with Gasteiger partial charge >= 0.3 is 0 Å². The number of nitrogens with zero attached hydrogens (tertiary/aromatic N) is 2. The van der Waals surface area contributed by atoms with Crippen LogP contribution in [0.5, 0.6) is 0 Å². The van der Waals surface area contributed by atoms with Gasteiger partial charge in [-0.1, -0.05) is 12.2 Å². The molecule has 3 heteroatoms. The Bertz CT molecular complexity index is 191. The summed E-state index contributed by atoms with van der Waals surface area (Å²) in [5, 5.41) is 0. The minimum atomic E-state index is 0.800. The van der Waals surface area contributed by atoms with E-state index in [9.17, 15) is 0 Å². The first-order valence-corrected chi connectivity index (χ1v) is 3.78. The van der Waals surface area contributed by atoms with Crippen LogP contribution in [0.1, 0.15) is 0 Å². The molecule has 0 saturated carbocycles. The van der Waals surface area contributed by atoms with Crippen molar-refractivity contribution in [2.75, 3.05) is 5.75 Å². The molecule has 0 aliphatic heterocycles. The Morgan fingerprint density at radius 3 is 3.00 bits per heavy atom. The zero-order valence-electron chi connectivity index (χ0n) is 5.64. The SMILES string of the molecule is SCC=CCn1ccnc1. The zero-order valence-corrected chi connectivity index (χ0v) is 6.54. The van der Waals surface area contributed by atoms with Crippen LogP contribution in [-0.2, 0) is 6.54 Å². The molecule has 0 atom stereocenters. The number of aromatic nitrogens is 2. The highest BCUT2D eigenvalue weighted by Gasteiger charge is 1.81. The van der Waals surface area contributed by atoms with Gasteiger partial charge in [-0.2, -0.15) is 12.6 Å². The van der Waals surface area contributed by atoms with Gasteiger partial charge in [0.15, 0.2) is 0 Å². The van der Waals surface area contributed by atoms with E-state index in [0.717, 1.165) is 12.3 Å². The Hall–Kier alpha value is -0.700. The van der Waals surface area contributed by atoms with Crippen LogP contribution < -0.4 is 0 Å². The van der Waals surface area contributed by atoms with Crippen molar-refractivity contribution in [2.24, 2.45) is 0 Å². The second-order valence-electron chi connectivity index (χ2n) is 1.91. The Morgan fingerprint density at radius 2 is 2.40 bits per heavy atom. The zero-order chi connectivity index (χ0) is 7.23. The van der Waals surface area contributed by atoms with Gasteiger partial charge in [0.25, 0.3) is 0 Å². The molecular weight excluding hydrogens is 144 g/mol. The van der Waals surface area contributed by atoms with Crippen molar-refractivity contribution in [1.82, 2.24) is 9.55 Å². The molecule has 0 aliphatic carbocycles. The van der Waals surface area contributed by atoms with Crippen LogP contribution in [0.4, 0.5) is 0 Å². The Labute approximate surface area is 66.0 Å². The lowest BCUT2D eigenvalue weighted by molar-refractivity contribution is 0.819. The first-order valence-electron chi connectivity index (χ1n) is 3.15. The van der Waals surface area contributed by atoms with E-state index in [-0.39, 0.29) is 0 Å². The van der Waals surface area contributed by atoms with Gasteiger partial charge in [-0.3, -0.25) is 0 Å². The molecule has 1 aromatic rings. The maximum absolute atomic E-state index is 4.04. The average Bonchev–Trinajstić information content (AvgIpc) is 2.41. The van der Waals surface area contributed by atoms with Gasteiger partial charge in [0, 0.05) is 24.7 Å². The standard InChI is InChI=1S/C7H10N2S/c10-6-2-1-4-9-5-3-8-7-9/h1-3,5,7,10H,4,6H2. The average molecular weight is 154 g/mol. The number of thiol groups is 1. The van der Waals surface area contributed by atoms with E-state index < -0.39 is 0 Å². The molecule has 0 saturated heterocycles. The van der Waals surface area contributed by atoms with E-state index in [2.05, 4.69) is 23.7 Å². The quantitative estimate of drug-likeness (QED) is 0.514. The molecule has 0 N–H and O–H groups in total. The number of rotatable bonds is 3. The van der Waals surface area contributed by atoms with Gasteiger partial charge in [0.2, 0.25) is 0 Å². The molecule has 0 amide bonds. The van der Waals surface area contributed by atoms with Crippen molar-refractivity contribution >= 4 is 12.6 Å². The van der Waals surface area contributed by atoms with Gasteiger partial charge < -0.3 is 4.57 Å². The molecule has 0 unspecified atom stereocenters. The predicted molar refractivity (Wildman–Crippen MR) is 45.2 cm³/mol. The highest BCUT2D eigenvalue weighted by atomic mass is 32.1. The van der Waals surface area contributed by atoms with E-state index in [0.29, 0.717) is 0 Å². The van der Waals surface area contributed by atoms with E-state index >= 15 is 0 Å². The maximum Gasteiger partial charge on any atom is 0.0948 e. The summed E-state index contributed by atoms with van der Waals surface area (Å²) in [6, 6.07) is 0. The number of imidazole rings is 1. The lowest BCUT2D eigenvalue weighted by Crippen LogP contribution is -1.89. The highest BCUT2D eigenvalue weighted by molar-refractivity contribution is 7.80. The van der Waals surface area contributed by atoms with Crippen molar-refractivity contribution in [3.63, 3.8) is 0 Å². The van der Waals surface area contributed by atoms with Crippen LogP contribution in [0.15, 0.2) is 30.9 Å². The largest absolute Gasteiger partial charge is 0.334 e. The summed E-state index contributed by atoms with van der Waals surface area (Å²) < 4.78 is 2.00. The summed E-state index contributed by atoms with van der Waals surface area (Å²) in [4.78, 5) is 3.91. The minimum Gasteiger partial charge on any atom is -0.334 e. The van der Waals surface area contributed by atoms with Crippen molar-refractivity contribution < 1.29 is 0 Å². The summed E-state index contributed by atoms with van der Waals surface area (Å²) >= 11 is 4.04. The lowest BCUT2D eigenvalue weighted by Gasteiger charge is -1.91. The summed E-state index contributed by atoms with van der Waals surface area (Å²) in [6.45, 7) is 0.889. The van der Waals surface area contributed by atoms with Gasteiger partial charge in [-0.15, -0.1) is 0 Å². The molecular formula is C7H10N2S. The first-order chi connectivity index (χ1) is 4.93. The molecule has 0 aromatic carbocycles. The molecule has 0 aliphatic rings. The van der Waals surface area contributed by atoms with Crippen LogP contribution in [0.25, 0.3) is 0 Å². The van der Waals surface area contributed by atoms with Gasteiger partial charge in [-0.05, 0) is 0 Å². The molecule has 1 heterocycles. The van der Waals surface area contributed by atoms with Crippen LogP contribution in [0.3, 0.4) is 0 Å². The molecule has 10 heavy (non-hydrogen) atoms. The molecule has 0 fully saturated rings. The third-order valence-electron chi connectivity index (χ3n) is 1.15. The highest BCUT2D eigenvalue weighted by Crippen LogP contribution is 1.86. The van der Waals surface area contributed by atoms with Crippen LogP contribution in [0, 0.1) is 0 Å². The van der Waals surface area contributed by atoms with Crippen LogP contribution in [-0.4, -0.2) is 15.3 Å². The van der Waals surface area contributed by atoms with Crippen LogP contribution in [0.2, 0.25) is 0 Å². The summed E-state index contributed by atoms with van der Waals surface area (Å²) in [5.41, 5.74) is 0. The fraction of sp³-hybridized carbons (Fsp3) is 0.286. The Morgan fingerprint density at radius 1 is 1.50 bits per heavy atom. The molecule has 2 nitrogen and oxygen atoms in total. The van der Waals surface area contributed by atoms with E-state index in [1.807, 2.05) is 16.8 Å². The van der Waals surface area contributed by atoms with E-state index in [1.165, 1.54) is 0 Å². The minimum absolute atomic E-state index is 0.800. The molecule has 0 bridgehead atoms. The van der Waals surface area contributed by atoms with Gasteiger partial charge in [0.1, 0.15) is 0 Å². The number of hydrogen-bond acceptors (Lipinski definition) is 2. The molecule has 54 valence electrons. The maximum atomic E-state index is 4.04. The lowest BCUT2D eigenvalue weighted by atomic mass is 10.5. The fourth-order valence-corrected chi connectivity index (χ4v) is 0.815. The smallest absolute Gasteiger partial charge is 0.0948 e. The molecule has 0 spiro atoms. The van der Waals surface area contributed by atoms with Crippen LogP contribution >= 0.6 is 12.6 Å². The van der Waals surface area contributed by atoms with Gasteiger partial charge in [-0.25, -0.2) is 4.98 Å². The number of allylic oxidation sites excluding steroid dienone is 1. The summed E-state index contributed by atoms with van der Waals surface area (Å²) in [5.74, 6) is 0.800. The topological polar surface area (TPSA) is 17.8 Å². The third kappa shape index (κ3) is 2.27. The van der Waals surface area contributed by atoms with E-state index in [1.54, 1.807) is 12.5 Å². The molecule has 1 rings (SSSR count). The monoisotopic (exact) mass is 154 g/mol. The normalized spacial score (nSPS) is 10.9. The van der Waals surface area contributed by atoms with Crippen molar-refractivity contribution in [1.29, 1.82) is 0 Å².